The molecule has 2 aliphatic rings. The Hall–Kier alpha value is -0.400. The van der Waals surface area contributed by atoms with Crippen LogP contribution >= 0.6 is 0 Å². The van der Waals surface area contributed by atoms with E-state index in [-0.39, 0.29) is 0 Å². The molecule has 10 nitrogen and oxygen atoms in total. The average Bonchev–Trinajstić information content (AvgIpc) is 2.88. The zero-order valence-corrected chi connectivity index (χ0v) is 21.8. The summed E-state index contributed by atoms with van der Waals surface area (Å²) in [4.78, 5) is 4.88. The van der Waals surface area contributed by atoms with E-state index in [2.05, 4.69) is 9.80 Å². The lowest BCUT2D eigenvalue weighted by atomic mass is 10.2. The molecule has 0 amide bonds. The molecule has 2 aliphatic heterocycles. The number of unbranched alkanes of at least 4 members (excludes halogenated alkanes) is 2. The Balaban J connectivity index is 1.60. The average molecular weight is 507 g/mol. The summed E-state index contributed by atoms with van der Waals surface area (Å²) in [5.74, 6) is 0. The second-order valence-corrected chi connectivity index (χ2v) is 8.64. The molecule has 0 unspecified atom stereocenters. The molecule has 0 spiro atoms. The van der Waals surface area contributed by atoms with Gasteiger partial charge >= 0.3 is 0 Å². The summed E-state index contributed by atoms with van der Waals surface area (Å²) in [6.45, 7) is 16.2. The minimum Gasteiger partial charge on any atom is -0.378 e. The number of hydrogen-bond donors (Lipinski definition) is 0. The highest BCUT2D eigenvalue weighted by Crippen LogP contribution is 2.03. The van der Waals surface area contributed by atoms with Crippen LogP contribution in [0.2, 0.25) is 0 Å². The SMILES string of the molecule is C(CCN1CCOCCOCCOCCOCC1)CCN1CCOCCOCCOCCOCC1. The fraction of sp³-hybridized carbons (Fsp3) is 1.00. The molecule has 0 aromatic rings. The molecule has 0 aromatic heterocycles. The normalized spacial score (nSPS) is 24.0. The fourth-order valence-electron chi connectivity index (χ4n) is 3.82. The number of ether oxygens (including phenoxy) is 8. The van der Waals surface area contributed by atoms with Crippen molar-refractivity contribution in [3.63, 3.8) is 0 Å². The van der Waals surface area contributed by atoms with E-state index >= 15 is 0 Å². The van der Waals surface area contributed by atoms with Crippen LogP contribution in [-0.4, -0.2) is 155 Å². The zero-order valence-electron chi connectivity index (χ0n) is 21.8. The van der Waals surface area contributed by atoms with Gasteiger partial charge in [0.2, 0.25) is 0 Å². The van der Waals surface area contributed by atoms with Gasteiger partial charge in [0.25, 0.3) is 0 Å². The van der Waals surface area contributed by atoms with Crippen molar-refractivity contribution in [3.8, 4) is 0 Å². The summed E-state index contributed by atoms with van der Waals surface area (Å²) >= 11 is 0. The van der Waals surface area contributed by atoms with E-state index in [9.17, 15) is 0 Å². The lowest BCUT2D eigenvalue weighted by Crippen LogP contribution is -2.33. The minimum atomic E-state index is 0.608. The van der Waals surface area contributed by atoms with Gasteiger partial charge in [-0.15, -0.1) is 0 Å². The van der Waals surface area contributed by atoms with Gasteiger partial charge in [-0.25, -0.2) is 0 Å². The number of nitrogens with zero attached hydrogens (tertiary/aromatic N) is 2. The topological polar surface area (TPSA) is 80.3 Å². The van der Waals surface area contributed by atoms with Gasteiger partial charge < -0.3 is 37.9 Å². The first kappa shape index (κ1) is 30.8. The van der Waals surface area contributed by atoms with Gasteiger partial charge in [-0.2, -0.15) is 0 Å². The Kier molecular flexibility index (Phi) is 21.1. The predicted octanol–water partition coefficient (Wildman–Crippen LogP) is 0.921. The Morgan fingerprint density at radius 3 is 0.771 bits per heavy atom. The molecule has 0 N–H and O–H groups in total. The van der Waals surface area contributed by atoms with Gasteiger partial charge in [-0.05, 0) is 25.9 Å². The lowest BCUT2D eigenvalue weighted by Gasteiger charge is -2.24. The Morgan fingerprint density at radius 1 is 0.286 bits per heavy atom. The van der Waals surface area contributed by atoms with Crippen LogP contribution in [0.25, 0.3) is 0 Å². The van der Waals surface area contributed by atoms with Gasteiger partial charge in [0.15, 0.2) is 0 Å². The third-order valence-electron chi connectivity index (χ3n) is 5.89. The van der Waals surface area contributed by atoms with E-state index < -0.39 is 0 Å². The molecule has 0 saturated carbocycles. The molecular formula is C25H50N2O8. The first-order chi connectivity index (χ1) is 17.4. The maximum atomic E-state index is 5.73. The molecule has 35 heavy (non-hydrogen) atoms. The number of hydrogen-bond acceptors (Lipinski definition) is 10. The molecule has 2 rings (SSSR count). The van der Waals surface area contributed by atoms with E-state index in [0.717, 1.165) is 65.7 Å². The van der Waals surface area contributed by atoms with Crippen LogP contribution in [0, 0.1) is 0 Å². The maximum Gasteiger partial charge on any atom is 0.0701 e. The van der Waals surface area contributed by atoms with Gasteiger partial charge in [0.05, 0.1) is 106 Å². The van der Waals surface area contributed by atoms with E-state index in [0.29, 0.717) is 79.3 Å². The highest BCUT2D eigenvalue weighted by atomic mass is 16.6. The molecule has 2 heterocycles. The highest BCUT2D eigenvalue weighted by molar-refractivity contribution is 4.62. The molecular weight excluding hydrogens is 456 g/mol. The molecule has 2 fully saturated rings. The summed E-state index contributed by atoms with van der Waals surface area (Å²) < 4.78 is 44.9. The van der Waals surface area contributed by atoms with Gasteiger partial charge in [0, 0.05) is 26.2 Å². The molecule has 208 valence electrons. The third kappa shape index (κ3) is 19.4. The first-order valence-electron chi connectivity index (χ1n) is 13.5. The Labute approximate surface area is 212 Å². The quantitative estimate of drug-likeness (QED) is 0.485. The Morgan fingerprint density at radius 2 is 0.514 bits per heavy atom. The van der Waals surface area contributed by atoms with Crippen LogP contribution in [0.1, 0.15) is 19.3 Å². The van der Waals surface area contributed by atoms with Gasteiger partial charge in [0.1, 0.15) is 0 Å². The van der Waals surface area contributed by atoms with E-state index in [1.54, 1.807) is 0 Å². The summed E-state index contributed by atoms with van der Waals surface area (Å²) in [5, 5.41) is 0. The molecule has 0 radical (unpaired) electrons. The third-order valence-corrected chi connectivity index (χ3v) is 5.89. The summed E-state index contributed by atoms with van der Waals surface area (Å²) in [6.07, 6.45) is 3.53. The van der Waals surface area contributed by atoms with Crippen LogP contribution in [0.5, 0.6) is 0 Å². The van der Waals surface area contributed by atoms with E-state index in [1.165, 1.54) is 19.3 Å². The second kappa shape index (κ2) is 24.0. The van der Waals surface area contributed by atoms with Crippen LogP contribution in [0.3, 0.4) is 0 Å². The maximum absolute atomic E-state index is 5.73. The summed E-state index contributed by atoms with van der Waals surface area (Å²) in [6, 6.07) is 0. The monoisotopic (exact) mass is 506 g/mol. The first-order valence-corrected chi connectivity index (χ1v) is 13.5. The second-order valence-electron chi connectivity index (χ2n) is 8.64. The molecule has 2 saturated heterocycles. The van der Waals surface area contributed by atoms with Crippen molar-refractivity contribution < 1.29 is 37.9 Å². The van der Waals surface area contributed by atoms with Crippen LogP contribution in [-0.2, 0) is 37.9 Å². The van der Waals surface area contributed by atoms with Gasteiger partial charge in [-0.1, -0.05) is 6.42 Å². The van der Waals surface area contributed by atoms with Crippen molar-refractivity contribution in [2.24, 2.45) is 0 Å². The largest absolute Gasteiger partial charge is 0.378 e. The Bertz CT molecular complexity index is 380. The highest BCUT2D eigenvalue weighted by Gasteiger charge is 2.08. The summed E-state index contributed by atoms with van der Waals surface area (Å²) in [7, 11) is 0. The molecule has 0 atom stereocenters. The zero-order chi connectivity index (χ0) is 24.5. The lowest BCUT2D eigenvalue weighted by molar-refractivity contribution is 0.00206. The predicted molar refractivity (Wildman–Crippen MR) is 133 cm³/mol. The van der Waals surface area contributed by atoms with Crippen molar-refractivity contribution in [2.45, 2.75) is 19.3 Å². The van der Waals surface area contributed by atoms with Crippen molar-refractivity contribution in [1.29, 1.82) is 0 Å². The molecule has 10 heteroatoms. The minimum absolute atomic E-state index is 0.608. The van der Waals surface area contributed by atoms with Crippen molar-refractivity contribution in [2.75, 3.05) is 145 Å². The number of rotatable bonds is 6. The van der Waals surface area contributed by atoms with Crippen LogP contribution in [0.15, 0.2) is 0 Å². The smallest absolute Gasteiger partial charge is 0.0701 e. The van der Waals surface area contributed by atoms with Crippen molar-refractivity contribution in [1.82, 2.24) is 9.80 Å². The van der Waals surface area contributed by atoms with Crippen molar-refractivity contribution >= 4 is 0 Å². The molecule has 0 aliphatic carbocycles. The molecule has 0 aromatic carbocycles. The van der Waals surface area contributed by atoms with E-state index in [1.807, 2.05) is 0 Å². The fourth-order valence-corrected chi connectivity index (χ4v) is 3.82. The van der Waals surface area contributed by atoms with Crippen LogP contribution < -0.4 is 0 Å². The standard InChI is InChI=1S/C25H50N2O8/c1(2-4-26-6-10-28-14-18-32-22-23-33-19-15-29-11-7-26)3-5-27-8-12-30-16-20-34-24-25-35-21-17-31-13-9-27/h1-25H2. The summed E-state index contributed by atoms with van der Waals surface area (Å²) in [5.41, 5.74) is 0. The van der Waals surface area contributed by atoms with Crippen molar-refractivity contribution in [3.05, 3.63) is 0 Å². The van der Waals surface area contributed by atoms with Crippen LogP contribution in [0.4, 0.5) is 0 Å². The van der Waals surface area contributed by atoms with Gasteiger partial charge in [-0.3, -0.25) is 9.80 Å². The molecule has 0 bridgehead atoms. The van der Waals surface area contributed by atoms with E-state index in [4.69, 9.17) is 37.9 Å².